The lowest BCUT2D eigenvalue weighted by molar-refractivity contribution is 0.113. The lowest BCUT2D eigenvalue weighted by Crippen LogP contribution is -2.15. The van der Waals surface area contributed by atoms with Crippen molar-refractivity contribution in [2.75, 3.05) is 38.5 Å². The molecule has 1 atom stereocenters. The van der Waals surface area contributed by atoms with E-state index in [0.717, 1.165) is 0 Å². The highest BCUT2D eigenvalue weighted by molar-refractivity contribution is 7.99. The molecule has 0 aromatic carbocycles. The van der Waals surface area contributed by atoms with Gasteiger partial charge in [-0.05, 0) is 0 Å². The van der Waals surface area contributed by atoms with Gasteiger partial charge in [0.1, 0.15) is 0 Å². The van der Waals surface area contributed by atoms with Gasteiger partial charge in [-0.3, -0.25) is 4.57 Å². The second-order valence-corrected chi connectivity index (χ2v) is 6.16. The first kappa shape index (κ1) is 14.4. The van der Waals surface area contributed by atoms with E-state index in [2.05, 4.69) is 0 Å². The average molecular weight is 244 g/mol. The molecule has 0 saturated carbocycles. The number of rotatable bonds is 8. The normalized spacial score (nSPS) is 14.3. The van der Waals surface area contributed by atoms with Crippen molar-refractivity contribution in [2.24, 2.45) is 0 Å². The van der Waals surface area contributed by atoms with Crippen LogP contribution in [-0.4, -0.2) is 54.8 Å². The first-order valence-electron chi connectivity index (χ1n) is 4.15. The fraction of sp³-hybridized carbons (Fsp3) is 1.00. The van der Waals surface area contributed by atoms with Crippen molar-refractivity contribution in [2.45, 2.75) is 6.10 Å². The molecule has 0 radical (unpaired) electrons. The van der Waals surface area contributed by atoms with Gasteiger partial charge in [-0.2, -0.15) is 11.8 Å². The van der Waals surface area contributed by atoms with E-state index in [1.54, 1.807) is 0 Å². The topological polar surface area (TPSA) is 76.0 Å². The van der Waals surface area contributed by atoms with Gasteiger partial charge in [0.2, 0.25) is 0 Å². The number of hydrogen-bond acceptors (Lipinski definition) is 6. The summed E-state index contributed by atoms with van der Waals surface area (Å²) in [6.45, 7) is -0.251. The molecule has 1 unspecified atom stereocenters. The van der Waals surface area contributed by atoms with Crippen LogP contribution in [0, 0.1) is 0 Å². The third kappa shape index (κ3) is 6.01. The third-order valence-electron chi connectivity index (χ3n) is 1.59. The van der Waals surface area contributed by atoms with Crippen molar-refractivity contribution in [3.63, 3.8) is 0 Å². The maximum atomic E-state index is 11.5. The van der Waals surface area contributed by atoms with Crippen LogP contribution in [0.3, 0.4) is 0 Å². The standard InChI is InChI=1S/C7H17O5PS/c1-11-13(10,12-2)3-4-14-6-7(9)5-8/h7-9H,3-6H2,1-2H3. The minimum Gasteiger partial charge on any atom is -0.394 e. The number of aliphatic hydroxyl groups excluding tert-OH is 2. The van der Waals surface area contributed by atoms with E-state index >= 15 is 0 Å². The van der Waals surface area contributed by atoms with Crippen molar-refractivity contribution in [1.82, 2.24) is 0 Å². The van der Waals surface area contributed by atoms with Crippen molar-refractivity contribution >= 4 is 19.4 Å². The van der Waals surface area contributed by atoms with Gasteiger partial charge in [-0.1, -0.05) is 0 Å². The maximum absolute atomic E-state index is 11.5. The van der Waals surface area contributed by atoms with Crippen molar-refractivity contribution in [1.29, 1.82) is 0 Å². The summed E-state index contributed by atoms with van der Waals surface area (Å²) in [5.41, 5.74) is 0. The summed E-state index contributed by atoms with van der Waals surface area (Å²) in [5.74, 6) is 0.986. The summed E-state index contributed by atoms with van der Waals surface area (Å²) in [6.07, 6.45) is -0.410. The van der Waals surface area contributed by atoms with E-state index in [9.17, 15) is 4.57 Å². The lowest BCUT2D eigenvalue weighted by atomic mass is 10.4. The van der Waals surface area contributed by atoms with Gasteiger partial charge in [-0.15, -0.1) is 0 Å². The number of hydrogen-bond donors (Lipinski definition) is 2. The van der Waals surface area contributed by atoms with Crippen LogP contribution in [0.2, 0.25) is 0 Å². The summed E-state index contributed by atoms with van der Waals surface area (Å²) in [6, 6.07) is 0. The molecule has 0 saturated heterocycles. The second-order valence-electron chi connectivity index (χ2n) is 2.61. The molecule has 2 N–H and O–H groups in total. The van der Waals surface area contributed by atoms with E-state index in [1.807, 2.05) is 0 Å². The predicted molar refractivity (Wildman–Crippen MR) is 56.9 cm³/mol. The molecule has 0 amide bonds. The smallest absolute Gasteiger partial charge is 0.330 e. The van der Waals surface area contributed by atoms with Gasteiger partial charge in [0.05, 0.1) is 18.9 Å². The van der Waals surface area contributed by atoms with Crippen LogP contribution in [0.15, 0.2) is 0 Å². The van der Waals surface area contributed by atoms with Crippen LogP contribution >= 0.6 is 19.4 Å². The van der Waals surface area contributed by atoms with E-state index in [-0.39, 0.29) is 6.61 Å². The summed E-state index contributed by atoms with van der Waals surface area (Å²) >= 11 is 1.40. The minimum absolute atomic E-state index is 0.251. The Labute approximate surface area is 88.3 Å². The van der Waals surface area contributed by atoms with Crippen LogP contribution in [0.4, 0.5) is 0 Å². The zero-order valence-corrected chi connectivity index (χ0v) is 10.1. The number of thioether (sulfide) groups is 1. The lowest BCUT2D eigenvalue weighted by Gasteiger charge is -2.13. The van der Waals surface area contributed by atoms with E-state index in [1.165, 1.54) is 26.0 Å². The van der Waals surface area contributed by atoms with Crippen molar-refractivity contribution in [3.8, 4) is 0 Å². The van der Waals surface area contributed by atoms with Gasteiger partial charge in [0, 0.05) is 25.7 Å². The van der Waals surface area contributed by atoms with Crippen LogP contribution in [-0.2, 0) is 13.6 Å². The molecule has 0 aliphatic rings. The molecular weight excluding hydrogens is 227 g/mol. The quantitative estimate of drug-likeness (QED) is 0.480. The summed E-state index contributed by atoms with van der Waals surface area (Å²) < 4.78 is 21.0. The number of aliphatic hydroxyl groups is 2. The van der Waals surface area contributed by atoms with E-state index in [0.29, 0.717) is 17.7 Å². The SMILES string of the molecule is COP(=O)(CCSCC(O)CO)OC. The largest absolute Gasteiger partial charge is 0.394 e. The molecule has 0 spiro atoms. The summed E-state index contributed by atoms with van der Waals surface area (Å²) in [5, 5.41) is 17.5. The first-order valence-corrected chi connectivity index (χ1v) is 7.03. The Morgan fingerprint density at radius 1 is 1.43 bits per heavy atom. The van der Waals surface area contributed by atoms with Crippen LogP contribution in [0.1, 0.15) is 0 Å². The van der Waals surface area contributed by atoms with Crippen LogP contribution in [0.5, 0.6) is 0 Å². The average Bonchev–Trinajstić information content (AvgIpc) is 2.23. The zero-order valence-electron chi connectivity index (χ0n) is 8.38. The molecule has 5 nitrogen and oxygen atoms in total. The highest BCUT2D eigenvalue weighted by atomic mass is 32.2. The first-order chi connectivity index (χ1) is 6.58. The summed E-state index contributed by atoms with van der Waals surface area (Å²) in [4.78, 5) is 0. The zero-order chi connectivity index (χ0) is 11.0. The Morgan fingerprint density at radius 3 is 2.43 bits per heavy atom. The van der Waals surface area contributed by atoms with Gasteiger partial charge in [0.15, 0.2) is 0 Å². The van der Waals surface area contributed by atoms with Crippen LogP contribution < -0.4 is 0 Å². The Hall–Kier alpha value is 0.420. The molecule has 14 heavy (non-hydrogen) atoms. The molecular formula is C7H17O5PS. The Bertz CT molecular complexity index is 181. The van der Waals surface area contributed by atoms with Gasteiger partial charge >= 0.3 is 7.60 Å². The Balaban J connectivity index is 3.58. The van der Waals surface area contributed by atoms with Crippen LogP contribution in [0.25, 0.3) is 0 Å². The van der Waals surface area contributed by atoms with Crippen molar-refractivity contribution in [3.05, 3.63) is 0 Å². The monoisotopic (exact) mass is 244 g/mol. The predicted octanol–water partition coefficient (Wildman–Crippen LogP) is 0.559. The molecule has 0 aliphatic heterocycles. The maximum Gasteiger partial charge on any atom is 0.330 e. The van der Waals surface area contributed by atoms with Gasteiger partial charge < -0.3 is 19.3 Å². The molecule has 0 fully saturated rings. The third-order valence-corrected chi connectivity index (χ3v) is 4.89. The highest BCUT2D eigenvalue weighted by Crippen LogP contribution is 2.46. The second kappa shape index (κ2) is 7.68. The fourth-order valence-corrected chi connectivity index (χ4v) is 3.17. The van der Waals surface area contributed by atoms with Gasteiger partial charge in [-0.25, -0.2) is 0 Å². The molecule has 0 rings (SSSR count). The van der Waals surface area contributed by atoms with Crippen molar-refractivity contribution < 1.29 is 23.8 Å². The Morgan fingerprint density at radius 2 is 2.00 bits per heavy atom. The van der Waals surface area contributed by atoms with Gasteiger partial charge in [0.25, 0.3) is 0 Å². The molecule has 0 aliphatic carbocycles. The Kier molecular flexibility index (Phi) is 7.91. The molecule has 0 aromatic heterocycles. The minimum atomic E-state index is -2.91. The molecule has 7 heteroatoms. The summed E-state index contributed by atoms with van der Waals surface area (Å²) in [7, 11) is -0.225. The molecule has 0 aromatic rings. The molecule has 0 heterocycles. The fourth-order valence-electron chi connectivity index (χ4n) is 0.706. The van der Waals surface area contributed by atoms with E-state index in [4.69, 9.17) is 19.3 Å². The highest BCUT2D eigenvalue weighted by Gasteiger charge is 2.20. The van der Waals surface area contributed by atoms with E-state index < -0.39 is 13.7 Å². The molecule has 86 valence electrons. The molecule has 0 bridgehead atoms.